The maximum absolute atomic E-state index is 11.8. The molecule has 0 spiro atoms. The molecule has 0 aliphatic heterocycles. The molecule has 1 aromatic rings. The molecule has 1 rings (SSSR count). The Kier molecular flexibility index (Phi) is 3.83. The summed E-state index contributed by atoms with van der Waals surface area (Å²) in [5, 5.41) is 4.07. The van der Waals surface area contributed by atoms with Gasteiger partial charge in [-0.25, -0.2) is 13.1 Å². The Balaban J connectivity index is 2.96. The predicted octanol–water partition coefficient (Wildman–Crippen LogP) is -0.471. The largest absolute Gasteiger partial charge is 0.329 e. The van der Waals surface area contributed by atoms with E-state index in [1.165, 1.54) is 16.9 Å². The van der Waals surface area contributed by atoms with Crippen LogP contribution in [0.25, 0.3) is 0 Å². The number of hydrogen-bond acceptors (Lipinski definition) is 4. The molecule has 15 heavy (non-hydrogen) atoms. The van der Waals surface area contributed by atoms with Crippen molar-refractivity contribution in [3.05, 3.63) is 12.3 Å². The first kappa shape index (κ1) is 12.2. The lowest BCUT2D eigenvalue weighted by Gasteiger charge is -2.12. The summed E-state index contributed by atoms with van der Waals surface area (Å²) in [6.45, 7) is 4.32. The number of nitrogens with one attached hydrogen (secondary N) is 1. The number of nitrogens with two attached hydrogens (primary N) is 1. The normalized spacial score (nSPS) is 14.1. The van der Waals surface area contributed by atoms with Gasteiger partial charge in [-0.15, -0.1) is 0 Å². The van der Waals surface area contributed by atoms with Crippen LogP contribution in [0.15, 0.2) is 17.3 Å². The minimum atomic E-state index is -3.50. The third-order valence-electron chi connectivity index (χ3n) is 1.96. The Labute approximate surface area is 89.5 Å². The Bertz CT molecular complexity index is 412. The van der Waals surface area contributed by atoms with Crippen molar-refractivity contribution < 1.29 is 8.42 Å². The molecule has 0 saturated carbocycles. The maximum atomic E-state index is 11.8. The van der Waals surface area contributed by atoms with Crippen molar-refractivity contribution in [1.29, 1.82) is 0 Å². The van der Waals surface area contributed by atoms with E-state index < -0.39 is 10.0 Å². The summed E-state index contributed by atoms with van der Waals surface area (Å²) in [4.78, 5) is 0. The van der Waals surface area contributed by atoms with Gasteiger partial charge in [0.05, 0.1) is 6.20 Å². The molecule has 0 aliphatic carbocycles. The summed E-state index contributed by atoms with van der Waals surface area (Å²) in [5.74, 6) is 0. The minimum Gasteiger partial charge on any atom is -0.329 e. The van der Waals surface area contributed by atoms with Gasteiger partial charge < -0.3 is 5.73 Å². The summed E-state index contributed by atoms with van der Waals surface area (Å²) in [6, 6.07) is 1.19. The maximum Gasteiger partial charge on any atom is 0.257 e. The van der Waals surface area contributed by atoms with E-state index in [4.69, 9.17) is 5.73 Å². The van der Waals surface area contributed by atoms with Crippen molar-refractivity contribution in [2.75, 3.05) is 6.54 Å². The number of rotatable bonds is 5. The van der Waals surface area contributed by atoms with Crippen molar-refractivity contribution in [2.24, 2.45) is 5.73 Å². The molecule has 6 nitrogen and oxygen atoms in total. The first-order chi connectivity index (χ1) is 7.01. The monoisotopic (exact) mass is 232 g/mol. The van der Waals surface area contributed by atoms with Crippen molar-refractivity contribution in [3.8, 4) is 0 Å². The zero-order valence-corrected chi connectivity index (χ0v) is 9.66. The fourth-order valence-electron chi connectivity index (χ4n) is 1.16. The Morgan fingerprint density at radius 3 is 2.87 bits per heavy atom. The number of aryl methyl sites for hydroxylation is 1. The van der Waals surface area contributed by atoms with E-state index in [9.17, 15) is 8.42 Å². The van der Waals surface area contributed by atoms with E-state index in [0.29, 0.717) is 6.54 Å². The summed E-state index contributed by atoms with van der Waals surface area (Å²) in [7, 11) is -3.50. The molecule has 1 heterocycles. The molecule has 3 N–H and O–H groups in total. The van der Waals surface area contributed by atoms with Crippen LogP contribution >= 0.6 is 0 Å². The van der Waals surface area contributed by atoms with E-state index in [2.05, 4.69) is 9.82 Å². The second kappa shape index (κ2) is 4.73. The van der Waals surface area contributed by atoms with Crippen LogP contribution in [-0.4, -0.2) is 30.8 Å². The van der Waals surface area contributed by atoms with E-state index in [1.54, 1.807) is 6.92 Å². The Hall–Kier alpha value is -0.920. The summed E-state index contributed by atoms with van der Waals surface area (Å²) >= 11 is 0. The fraction of sp³-hybridized carbons (Fsp3) is 0.625. The molecule has 1 atom stereocenters. The molecule has 0 amide bonds. The predicted molar refractivity (Wildman–Crippen MR) is 56.7 cm³/mol. The third kappa shape index (κ3) is 2.77. The average molecular weight is 232 g/mol. The topological polar surface area (TPSA) is 90.0 Å². The lowest BCUT2D eigenvalue weighted by molar-refractivity contribution is 0.532. The molecule has 0 bridgehead atoms. The molecule has 0 unspecified atom stereocenters. The summed E-state index contributed by atoms with van der Waals surface area (Å²) in [6.07, 6.45) is 1.46. The van der Waals surface area contributed by atoms with Gasteiger partial charge in [0, 0.05) is 19.1 Å². The number of hydrogen-bond donors (Lipinski definition) is 2. The molecule has 0 aromatic carbocycles. The van der Waals surface area contributed by atoms with E-state index in [-0.39, 0.29) is 17.6 Å². The van der Waals surface area contributed by atoms with E-state index >= 15 is 0 Å². The third-order valence-corrected chi connectivity index (χ3v) is 3.57. The second-order valence-electron chi connectivity index (χ2n) is 3.24. The molecule has 86 valence electrons. The molecule has 0 radical (unpaired) electrons. The molecule has 0 saturated heterocycles. The number of sulfonamides is 1. The highest BCUT2D eigenvalue weighted by Crippen LogP contribution is 2.07. The quantitative estimate of drug-likeness (QED) is 0.718. The second-order valence-corrected chi connectivity index (χ2v) is 4.90. The lowest BCUT2D eigenvalue weighted by atomic mass is 10.4. The zero-order chi connectivity index (χ0) is 11.5. The highest BCUT2D eigenvalue weighted by molar-refractivity contribution is 7.89. The highest BCUT2D eigenvalue weighted by atomic mass is 32.2. The summed E-state index contributed by atoms with van der Waals surface area (Å²) < 4.78 is 27.5. The van der Waals surface area contributed by atoms with Crippen molar-refractivity contribution >= 4 is 10.0 Å². The number of aromatic nitrogens is 2. The van der Waals surface area contributed by atoms with Crippen molar-refractivity contribution in [1.82, 2.24) is 14.5 Å². The van der Waals surface area contributed by atoms with Crippen LogP contribution in [0.5, 0.6) is 0 Å². The van der Waals surface area contributed by atoms with Gasteiger partial charge in [-0.2, -0.15) is 5.10 Å². The lowest BCUT2D eigenvalue weighted by Crippen LogP contribution is -2.38. The smallest absolute Gasteiger partial charge is 0.257 e. The van der Waals surface area contributed by atoms with Crippen LogP contribution < -0.4 is 10.5 Å². The van der Waals surface area contributed by atoms with Gasteiger partial charge in [-0.3, -0.25) is 4.68 Å². The molecule has 0 aliphatic rings. The van der Waals surface area contributed by atoms with Crippen LogP contribution in [0.3, 0.4) is 0 Å². The van der Waals surface area contributed by atoms with Crippen LogP contribution in [0.4, 0.5) is 0 Å². The fourth-order valence-corrected chi connectivity index (χ4v) is 2.60. The average Bonchev–Trinajstić information content (AvgIpc) is 2.65. The Morgan fingerprint density at radius 1 is 1.67 bits per heavy atom. The summed E-state index contributed by atoms with van der Waals surface area (Å²) in [5.41, 5.74) is 5.35. The van der Waals surface area contributed by atoms with Gasteiger partial charge in [0.1, 0.15) is 0 Å². The van der Waals surface area contributed by atoms with Crippen molar-refractivity contribution in [2.45, 2.75) is 31.5 Å². The molecular weight excluding hydrogens is 216 g/mol. The number of nitrogens with zero attached hydrogens (tertiary/aromatic N) is 2. The molecule has 0 fully saturated rings. The van der Waals surface area contributed by atoms with Gasteiger partial charge in [0.15, 0.2) is 5.03 Å². The van der Waals surface area contributed by atoms with Crippen LogP contribution in [0, 0.1) is 0 Å². The van der Waals surface area contributed by atoms with Gasteiger partial charge in [0.2, 0.25) is 0 Å². The van der Waals surface area contributed by atoms with Crippen molar-refractivity contribution in [3.63, 3.8) is 0 Å². The van der Waals surface area contributed by atoms with E-state index in [0.717, 1.165) is 0 Å². The first-order valence-corrected chi connectivity index (χ1v) is 6.23. The van der Waals surface area contributed by atoms with Gasteiger partial charge >= 0.3 is 0 Å². The van der Waals surface area contributed by atoms with Crippen LogP contribution in [0.2, 0.25) is 0 Å². The minimum absolute atomic E-state index is 0.172. The van der Waals surface area contributed by atoms with Gasteiger partial charge in [-0.05, 0) is 19.9 Å². The first-order valence-electron chi connectivity index (χ1n) is 4.75. The Morgan fingerprint density at radius 2 is 2.33 bits per heavy atom. The SMILES string of the molecule is CCn1nccc1S(=O)(=O)N[C@@H](C)CN. The van der Waals surface area contributed by atoms with Crippen LogP contribution in [0.1, 0.15) is 13.8 Å². The van der Waals surface area contributed by atoms with E-state index in [1.807, 2.05) is 6.92 Å². The van der Waals surface area contributed by atoms with Gasteiger partial charge in [0.25, 0.3) is 10.0 Å². The van der Waals surface area contributed by atoms with Gasteiger partial charge in [-0.1, -0.05) is 0 Å². The zero-order valence-electron chi connectivity index (χ0n) is 8.84. The molecular formula is C8H16N4O2S. The highest BCUT2D eigenvalue weighted by Gasteiger charge is 2.20. The van der Waals surface area contributed by atoms with Crippen LogP contribution in [-0.2, 0) is 16.6 Å². The molecule has 1 aromatic heterocycles. The molecule has 7 heteroatoms. The standard InChI is InChI=1S/C8H16N4O2S/c1-3-12-8(4-5-10-12)15(13,14)11-7(2)6-9/h4-5,7,11H,3,6,9H2,1-2H3/t7-/m0/s1.